The fraction of sp³-hybridized carbons (Fsp3) is 0.303. The number of rotatable bonds is 9. The highest BCUT2D eigenvalue weighted by Gasteiger charge is 2.33. The summed E-state index contributed by atoms with van der Waals surface area (Å²) in [5.41, 5.74) is 5.10. The van der Waals surface area contributed by atoms with E-state index in [-0.39, 0.29) is 23.3 Å². The van der Waals surface area contributed by atoms with Crippen LogP contribution in [0.15, 0.2) is 78.0 Å². The molecule has 46 heavy (non-hydrogen) atoms. The molecule has 4 aromatic rings. The van der Waals surface area contributed by atoms with E-state index in [0.29, 0.717) is 36.2 Å². The highest BCUT2D eigenvalue weighted by Crippen LogP contribution is 2.34. The van der Waals surface area contributed by atoms with Gasteiger partial charge in [0.1, 0.15) is 12.1 Å². The Morgan fingerprint density at radius 2 is 1.80 bits per heavy atom. The van der Waals surface area contributed by atoms with Crippen LogP contribution in [-0.4, -0.2) is 62.0 Å². The van der Waals surface area contributed by atoms with Gasteiger partial charge in [0, 0.05) is 18.7 Å². The molecular formula is C33H33F3N6O3S. The van der Waals surface area contributed by atoms with Gasteiger partial charge in [-0.3, -0.25) is 9.69 Å². The van der Waals surface area contributed by atoms with Crippen LogP contribution in [0.1, 0.15) is 43.4 Å². The second kappa shape index (κ2) is 13.8. The third-order valence-electron chi connectivity index (χ3n) is 7.37. The maximum atomic E-state index is 13.3. The molecule has 0 N–H and O–H groups in total. The maximum Gasteiger partial charge on any atom is 0.573 e. The van der Waals surface area contributed by atoms with E-state index in [0.717, 1.165) is 27.9 Å². The molecule has 5 rings (SSSR count). The highest BCUT2D eigenvalue weighted by molar-refractivity contribution is 8.15. The molecule has 0 unspecified atom stereocenters. The van der Waals surface area contributed by atoms with Gasteiger partial charge in [-0.05, 0) is 73.2 Å². The quantitative estimate of drug-likeness (QED) is 0.188. The molecule has 0 bridgehead atoms. The van der Waals surface area contributed by atoms with Crippen LogP contribution in [0.4, 0.5) is 23.7 Å². The second-order valence-corrected chi connectivity index (χ2v) is 11.9. The number of carbonyl (C=O) groups excluding carboxylic acids is 2. The lowest BCUT2D eigenvalue weighted by Crippen LogP contribution is -2.34. The van der Waals surface area contributed by atoms with Gasteiger partial charge in [0.15, 0.2) is 11.0 Å². The van der Waals surface area contributed by atoms with Gasteiger partial charge >= 0.3 is 12.4 Å². The molecule has 240 valence electrons. The number of amidine groups is 1. The number of hydrogen-bond donors (Lipinski definition) is 0. The Morgan fingerprint density at radius 1 is 1.09 bits per heavy atom. The molecule has 0 atom stereocenters. The van der Waals surface area contributed by atoms with Crippen molar-refractivity contribution in [2.45, 2.75) is 46.4 Å². The molecule has 0 aliphatic carbocycles. The molecule has 0 saturated carbocycles. The van der Waals surface area contributed by atoms with E-state index in [2.05, 4.69) is 33.7 Å². The van der Waals surface area contributed by atoms with E-state index < -0.39 is 12.4 Å². The number of aliphatic imine (C=N–C) groups is 1. The lowest BCUT2D eigenvalue weighted by Gasteiger charge is -2.23. The summed E-state index contributed by atoms with van der Waals surface area (Å²) in [7, 11) is 0. The van der Waals surface area contributed by atoms with Crippen LogP contribution in [0.5, 0.6) is 5.75 Å². The SMILES string of the molecule is CCN(CCc1ccc(-c2ncn(-c3ccc(OC(F)(F)F)cc3)n2)cc1)C(=O)N=C1SCC(=O)N1c1cc(C)ccc1C(C)C. The molecule has 2 heterocycles. The van der Waals surface area contributed by atoms with E-state index in [1.807, 2.05) is 56.3 Å². The van der Waals surface area contributed by atoms with Crippen molar-refractivity contribution in [3.63, 3.8) is 0 Å². The standard InChI is InChI=1S/C33H33F3N6O3S/c1-5-40(31(44)38-32-42(29(43)19-46-32)28-18-22(4)6-15-27(28)21(2)3)17-16-23-7-9-24(10-8-23)30-37-20-41(39-30)25-11-13-26(14-12-25)45-33(34,35)36/h6-15,18,20-21H,5,16-17,19H2,1-4H3. The van der Waals surface area contributed by atoms with Crippen LogP contribution in [0.3, 0.4) is 0 Å². The van der Waals surface area contributed by atoms with Gasteiger partial charge in [-0.2, -0.15) is 4.99 Å². The Kier molecular flexibility index (Phi) is 9.80. The number of aromatic nitrogens is 3. The average molecular weight is 651 g/mol. The summed E-state index contributed by atoms with van der Waals surface area (Å²) in [6, 6.07) is 18.6. The van der Waals surface area contributed by atoms with E-state index >= 15 is 0 Å². The third kappa shape index (κ3) is 7.76. The van der Waals surface area contributed by atoms with Crippen molar-refractivity contribution in [3.05, 3.63) is 89.7 Å². The largest absolute Gasteiger partial charge is 0.573 e. The third-order valence-corrected chi connectivity index (χ3v) is 8.29. The molecule has 3 amide bonds. The normalized spacial score (nSPS) is 14.4. The minimum absolute atomic E-state index is 0.0973. The van der Waals surface area contributed by atoms with Gasteiger partial charge in [0.2, 0.25) is 5.91 Å². The van der Waals surface area contributed by atoms with Crippen molar-refractivity contribution in [2.24, 2.45) is 4.99 Å². The predicted octanol–water partition coefficient (Wildman–Crippen LogP) is 7.39. The molecule has 0 radical (unpaired) electrons. The number of hydrogen-bond acceptors (Lipinski definition) is 6. The van der Waals surface area contributed by atoms with E-state index in [9.17, 15) is 22.8 Å². The van der Waals surface area contributed by atoms with Crippen molar-refractivity contribution < 1.29 is 27.5 Å². The van der Waals surface area contributed by atoms with Crippen LogP contribution < -0.4 is 9.64 Å². The molecular weight excluding hydrogens is 617 g/mol. The van der Waals surface area contributed by atoms with Gasteiger partial charge in [-0.1, -0.05) is 62.0 Å². The Labute approximate surface area is 269 Å². The second-order valence-electron chi connectivity index (χ2n) is 11.0. The summed E-state index contributed by atoms with van der Waals surface area (Å²) < 4.78 is 42.7. The summed E-state index contributed by atoms with van der Waals surface area (Å²) in [5.74, 6) is 0.455. The summed E-state index contributed by atoms with van der Waals surface area (Å²) in [6.45, 7) is 8.90. The fourth-order valence-electron chi connectivity index (χ4n) is 4.96. The minimum Gasteiger partial charge on any atom is -0.406 e. The van der Waals surface area contributed by atoms with Crippen molar-refractivity contribution in [1.82, 2.24) is 19.7 Å². The first-order valence-corrected chi connectivity index (χ1v) is 15.7. The van der Waals surface area contributed by atoms with Gasteiger partial charge in [0.25, 0.3) is 0 Å². The molecule has 13 heteroatoms. The number of alkyl halides is 3. The van der Waals surface area contributed by atoms with Crippen molar-refractivity contribution in [3.8, 4) is 22.8 Å². The van der Waals surface area contributed by atoms with Crippen molar-refractivity contribution >= 4 is 34.6 Å². The van der Waals surface area contributed by atoms with Crippen LogP contribution in [0.25, 0.3) is 17.1 Å². The molecule has 1 aliphatic rings. The number of carbonyl (C=O) groups is 2. The van der Waals surface area contributed by atoms with Crippen LogP contribution in [0.2, 0.25) is 0 Å². The summed E-state index contributed by atoms with van der Waals surface area (Å²) in [6.07, 6.45) is -2.69. The maximum absolute atomic E-state index is 13.3. The number of aryl methyl sites for hydroxylation is 1. The van der Waals surface area contributed by atoms with Gasteiger partial charge in [-0.25, -0.2) is 14.5 Å². The lowest BCUT2D eigenvalue weighted by atomic mass is 9.99. The first kappa shape index (κ1) is 32.7. The average Bonchev–Trinajstić information content (AvgIpc) is 3.64. The smallest absolute Gasteiger partial charge is 0.406 e. The number of nitrogens with zero attached hydrogens (tertiary/aromatic N) is 6. The van der Waals surface area contributed by atoms with Gasteiger partial charge < -0.3 is 9.64 Å². The number of urea groups is 1. The lowest BCUT2D eigenvalue weighted by molar-refractivity contribution is -0.274. The summed E-state index contributed by atoms with van der Waals surface area (Å²) in [5, 5.41) is 4.83. The number of thioether (sulfide) groups is 1. The number of likely N-dealkylation sites (N-methyl/N-ethyl adjacent to an activating group) is 1. The number of benzene rings is 3. The molecule has 9 nitrogen and oxygen atoms in total. The van der Waals surface area contributed by atoms with Crippen LogP contribution in [-0.2, 0) is 11.2 Å². The number of amides is 3. The van der Waals surface area contributed by atoms with Crippen LogP contribution >= 0.6 is 11.8 Å². The molecule has 1 saturated heterocycles. The zero-order valence-corrected chi connectivity index (χ0v) is 26.6. The number of ether oxygens (including phenoxy) is 1. The number of halogens is 3. The Bertz CT molecular complexity index is 1740. The summed E-state index contributed by atoms with van der Waals surface area (Å²) >= 11 is 1.27. The molecule has 1 fully saturated rings. The zero-order valence-electron chi connectivity index (χ0n) is 25.8. The van der Waals surface area contributed by atoms with Gasteiger partial charge in [-0.15, -0.1) is 18.3 Å². The van der Waals surface area contributed by atoms with E-state index in [1.165, 1.54) is 47.0 Å². The van der Waals surface area contributed by atoms with Crippen molar-refractivity contribution in [1.29, 1.82) is 0 Å². The van der Waals surface area contributed by atoms with Crippen molar-refractivity contribution in [2.75, 3.05) is 23.7 Å². The van der Waals surface area contributed by atoms with E-state index in [1.54, 1.807) is 9.80 Å². The molecule has 1 aromatic heterocycles. The molecule has 1 aliphatic heterocycles. The number of anilines is 1. The molecule has 0 spiro atoms. The Hall–Kier alpha value is -4.65. The first-order chi connectivity index (χ1) is 21.9. The van der Waals surface area contributed by atoms with Crippen LogP contribution in [0, 0.1) is 6.92 Å². The van der Waals surface area contributed by atoms with Gasteiger partial charge in [0.05, 0.1) is 17.1 Å². The summed E-state index contributed by atoms with van der Waals surface area (Å²) in [4.78, 5) is 38.1. The van der Waals surface area contributed by atoms with E-state index in [4.69, 9.17) is 0 Å². The Morgan fingerprint density at radius 3 is 2.46 bits per heavy atom. The highest BCUT2D eigenvalue weighted by atomic mass is 32.2. The molecule has 3 aromatic carbocycles. The Balaban J connectivity index is 1.23. The topological polar surface area (TPSA) is 92.9 Å². The first-order valence-electron chi connectivity index (χ1n) is 14.7. The monoisotopic (exact) mass is 650 g/mol. The zero-order chi connectivity index (χ0) is 33.0. The fourth-order valence-corrected chi connectivity index (χ4v) is 5.82. The predicted molar refractivity (Wildman–Crippen MR) is 172 cm³/mol. The minimum atomic E-state index is -4.76.